The van der Waals surface area contributed by atoms with Crippen molar-refractivity contribution in [2.75, 3.05) is 6.61 Å². The number of carbonyl (C=O) groups excluding carboxylic acids is 1. The van der Waals surface area contributed by atoms with E-state index in [4.69, 9.17) is 19.9 Å². The average Bonchev–Trinajstić information content (AvgIpc) is 2.78. The number of nitrogens with zero attached hydrogens (tertiary/aromatic N) is 2. The third kappa shape index (κ3) is 4.70. The lowest BCUT2D eigenvalue weighted by Crippen LogP contribution is -2.25. The molecule has 1 heterocycles. The van der Waals surface area contributed by atoms with E-state index in [0.717, 1.165) is 0 Å². The molecule has 1 unspecified atom stereocenters. The van der Waals surface area contributed by atoms with Gasteiger partial charge in [-0.15, -0.1) is 0 Å². The Bertz CT molecular complexity index is 1150. The molecule has 9 heteroatoms. The van der Waals surface area contributed by atoms with E-state index < -0.39 is 16.8 Å². The van der Waals surface area contributed by atoms with E-state index in [1.165, 1.54) is 12.1 Å². The summed E-state index contributed by atoms with van der Waals surface area (Å²) >= 11 is 0. The lowest BCUT2D eigenvalue weighted by atomic mass is 9.83. The minimum Gasteiger partial charge on any atom is -0.489 e. The standard InChI is InChI=1S/C23H21N3O6/c1-3-30-23(27)20-14(2)32-22(25)19(12-24)21(20)16-7-9-18(10-8-16)31-13-15-5-4-6-17(11-15)26(28)29/h4-11,21H,3,13,25H2,1-2H3. The highest BCUT2D eigenvalue weighted by atomic mass is 16.6. The van der Waals surface area contributed by atoms with Crippen LogP contribution in [-0.4, -0.2) is 17.5 Å². The van der Waals surface area contributed by atoms with Crippen LogP contribution in [0.3, 0.4) is 0 Å². The van der Waals surface area contributed by atoms with Crippen molar-refractivity contribution in [2.24, 2.45) is 5.73 Å². The van der Waals surface area contributed by atoms with Crippen molar-refractivity contribution in [3.8, 4) is 11.8 Å². The van der Waals surface area contributed by atoms with Crippen LogP contribution in [0, 0.1) is 21.4 Å². The lowest BCUT2D eigenvalue weighted by Gasteiger charge is -2.26. The molecule has 2 N–H and O–H groups in total. The number of nitriles is 1. The van der Waals surface area contributed by atoms with Crippen molar-refractivity contribution in [2.45, 2.75) is 26.4 Å². The first-order valence-corrected chi connectivity index (χ1v) is 9.77. The molecule has 2 aromatic rings. The number of rotatable bonds is 7. The zero-order chi connectivity index (χ0) is 23.3. The summed E-state index contributed by atoms with van der Waals surface area (Å²) in [7, 11) is 0. The molecule has 0 aliphatic carbocycles. The second-order valence-corrected chi connectivity index (χ2v) is 6.90. The van der Waals surface area contributed by atoms with Gasteiger partial charge in [-0.25, -0.2) is 4.79 Å². The van der Waals surface area contributed by atoms with Crippen LogP contribution in [0.25, 0.3) is 0 Å². The van der Waals surface area contributed by atoms with Crippen molar-refractivity contribution in [3.63, 3.8) is 0 Å². The summed E-state index contributed by atoms with van der Waals surface area (Å²) in [6.45, 7) is 3.60. The number of carbonyl (C=O) groups is 1. The molecule has 0 bridgehead atoms. The average molecular weight is 435 g/mol. The van der Waals surface area contributed by atoms with E-state index in [1.807, 2.05) is 6.07 Å². The predicted octanol–water partition coefficient (Wildman–Crippen LogP) is 3.82. The van der Waals surface area contributed by atoms with E-state index >= 15 is 0 Å². The molecular formula is C23H21N3O6. The number of ether oxygens (including phenoxy) is 3. The summed E-state index contributed by atoms with van der Waals surface area (Å²) in [5, 5.41) is 20.5. The lowest BCUT2D eigenvalue weighted by molar-refractivity contribution is -0.384. The van der Waals surface area contributed by atoms with E-state index in [0.29, 0.717) is 16.9 Å². The summed E-state index contributed by atoms with van der Waals surface area (Å²) in [4.78, 5) is 23.0. The van der Waals surface area contributed by atoms with Crippen LogP contribution < -0.4 is 10.5 Å². The predicted molar refractivity (Wildman–Crippen MR) is 114 cm³/mol. The minimum atomic E-state index is -0.737. The Morgan fingerprint density at radius 1 is 1.28 bits per heavy atom. The molecule has 164 valence electrons. The maximum absolute atomic E-state index is 12.6. The highest BCUT2D eigenvalue weighted by Gasteiger charge is 2.36. The van der Waals surface area contributed by atoms with Gasteiger partial charge in [0, 0.05) is 12.1 Å². The largest absolute Gasteiger partial charge is 0.489 e. The van der Waals surface area contributed by atoms with E-state index in [9.17, 15) is 20.2 Å². The number of hydrogen-bond donors (Lipinski definition) is 1. The Morgan fingerprint density at radius 3 is 2.62 bits per heavy atom. The zero-order valence-corrected chi connectivity index (χ0v) is 17.5. The van der Waals surface area contributed by atoms with Gasteiger partial charge in [-0.3, -0.25) is 10.1 Å². The number of nitrogens with two attached hydrogens (primary N) is 1. The summed E-state index contributed by atoms with van der Waals surface area (Å²) < 4.78 is 16.3. The normalized spacial score (nSPS) is 15.6. The third-order valence-electron chi connectivity index (χ3n) is 4.84. The molecule has 1 atom stereocenters. The van der Waals surface area contributed by atoms with Gasteiger partial charge in [0.1, 0.15) is 29.8 Å². The molecule has 2 aromatic carbocycles. The van der Waals surface area contributed by atoms with Gasteiger partial charge in [0.15, 0.2) is 0 Å². The van der Waals surface area contributed by atoms with Crippen LogP contribution >= 0.6 is 0 Å². The molecule has 32 heavy (non-hydrogen) atoms. The smallest absolute Gasteiger partial charge is 0.338 e. The maximum atomic E-state index is 12.6. The molecule has 0 fully saturated rings. The fourth-order valence-electron chi connectivity index (χ4n) is 3.37. The van der Waals surface area contributed by atoms with Crippen molar-refractivity contribution in [3.05, 3.63) is 92.6 Å². The number of nitro benzene ring substituents is 1. The van der Waals surface area contributed by atoms with E-state index in [1.54, 1.807) is 50.2 Å². The van der Waals surface area contributed by atoms with Gasteiger partial charge in [-0.1, -0.05) is 24.3 Å². The SMILES string of the molecule is CCOC(=O)C1=C(C)OC(N)=C(C#N)C1c1ccc(OCc2cccc([N+](=O)[O-])c2)cc1. The van der Waals surface area contributed by atoms with Crippen LogP contribution in [0.5, 0.6) is 5.75 Å². The minimum absolute atomic E-state index is 0.0111. The second kappa shape index (κ2) is 9.66. The Morgan fingerprint density at radius 2 is 2.00 bits per heavy atom. The Hall–Kier alpha value is -4.32. The quantitative estimate of drug-likeness (QED) is 0.393. The number of hydrogen-bond acceptors (Lipinski definition) is 8. The summed E-state index contributed by atoms with van der Waals surface area (Å²) in [5.74, 6) is -0.592. The molecule has 0 spiro atoms. The molecule has 9 nitrogen and oxygen atoms in total. The van der Waals surface area contributed by atoms with E-state index in [-0.39, 0.29) is 41.7 Å². The van der Waals surface area contributed by atoms with Crippen molar-refractivity contribution >= 4 is 11.7 Å². The molecule has 1 aliphatic rings. The molecule has 1 aliphatic heterocycles. The number of nitro groups is 1. The second-order valence-electron chi connectivity index (χ2n) is 6.90. The summed E-state index contributed by atoms with van der Waals surface area (Å²) in [5.41, 5.74) is 7.50. The van der Waals surface area contributed by atoms with Crippen LogP contribution in [-0.2, 0) is 20.9 Å². The van der Waals surface area contributed by atoms with Gasteiger partial charge in [0.05, 0.1) is 23.0 Å². The molecule has 0 radical (unpaired) electrons. The Labute approximate surface area is 184 Å². The van der Waals surface area contributed by atoms with Gasteiger partial charge < -0.3 is 19.9 Å². The highest BCUT2D eigenvalue weighted by molar-refractivity contribution is 5.92. The van der Waals surface area contributed by atoms with Crippen LogP contribution in [0.15, 0.2) is 71.3 Å². The maximum Gasteiger partial charge on any atom is 0.338 e. The van der Waals surface area contributed by atoms with Crippen molar-refractivity contribution in [1.82, 2.24) is 0 Å². The molecule has 0 amide bonds. The Balaban J connectivity index is 1.84. The monoisotopic (exact) mass is 435 g/mol. The molecule has 0 saturated carbocycles. The third-order valence-corrected chi connectivity index (χ3v) is 4.84. The first-order chi connectivity index (χ1) is 15.3. The number of allylic oxidation sites excluding steroid dienone is 2. The fourth-order valence-corrected chi connectivity index (χ4v) is 3.37. The van der Waals surface area contributed by atoms with Gasteiger partial charge >= 0.3 is 5.97 Å². The first kappa shape index (κ1) is 22.4. The van der Waals surface area contributed by atoms with Gasteiger partial charge in [-0.2, -0.15) is 5.26 Å². The fraction of sp³-hybridized carbons (Fsp3) is 0.217. The van der Waals surface area contributed by atoms with Gasteiger partial charge in [-0.05, 0) is 37.1 Å². The number of benzene rings is 2. The van der Waals surface area contributed by atoms with Gasteiger partial charge in [0.25, 0.3) is 5.69 Å². The zero-order valence-electron chi connectivity index (χ0n) is 17.5. The van der Waals surface area contributed by atoms with Crippen molar-refractivity contribution in [1.29, 1.82) is 5.26 Å². The van der Waals surface area contributed by atoms with E-state index in [2.05, 4.69) is 0 Å². The molecule has 0 saturated heterocycles. The van der Waals surface area contributed by atoms with Crippen LogP contribution in [0.1, 0.15) is 30.9 Å². The topological polar surface area (TPSA) is 138 Å². The molecular weight excluding hydrogens is 414 g/mol. The van der Waals surface area contributed by atoms with Crippen LogP contribution in [0.2, 0.25) is 0 Å². The number of esters is 1. The highest BCUT2D eigenvalue weighted by Crippen LogP contribution is 2.40. The first-order valence-electron chi connectivity index (χ1n) is 9.77. The van der Waals surface area contributed by atoms with Crippen molar-refractivity contribution < 1.29 is 23.9 Å². The summed E-state index contributed by atoms with van der Waals surface area (Å²) in [6.07, 6.45) is 0. The summed E-state index contributed by atoms with van der Waals surface area (Å²) in [6, 6.07) is 15.0. The number of non-ortho nitro benzene ring substituents is 1. The Kier molecular flexibility index (Phi) is 6.75. The molecule has 3 rings (SSSR count). The molecule has 0 aromatic heterocycles. The van der Waals surface area contributed by atoms with Crippen LogP contribution in [0.4, 0.5) is 5.69 Å². The van der Waals surface area contributed by atoms with Gasteiger partial charge in [0.2, 0.25) is 5.88 Å².